The average molecular weight is 465 g/mol. The van der Waals surface area contributed by atoms with Crippen LogP contribution in [0, 0.1) is 0 Å². The van der Waals surface area contributed by atoms with Gasteiger partial charge in [0.2, 0.25) is 0 Å². The number of benzene rings is 2. The number of rotatable bonds is 2. The van der Waals surface area contributed by atoms with Crippen molar-refractivity contribution in [3.63, 3.8) is 0 Å². The second-order valence-corrected chi connectivity index (χ2v) is 10.3. The molecule has 1 saturated heterocycles. The zero-order chi connectivity index (χ0) is 20.4. The first kappa shape index (κ1) is 20.5. The Hall–Kier alpha value is -1.45. The maximum Gasteiger partial charge on any atom is 0.114 e. The zero-order valence-electron chi connectivity index (χ0n) is 17.9. The molecule has 158 valence electrons. The molecule has 3 heteroatoms. The summed E-state index contributed by atoms with van der Waals surface area (Å²) in [5, 5.41) is 0. The maximum absolute atomic E-state index is 5.54. The van der Waals surface area contributed by atoms with Crippen LogP contribution in [0.1, 0.15) is 87.8 Å². The van der Waals surface area contributed by atoms with Crippen LogP contribution in [0.2, 0.25) is 0 Å². The topological polar surface area (TPSA) is 15.4 Å². The van der Waals surface area contributed by atoms with Gasteiger partial charge >= 0.3 is 0 Å². The number of fused-ring (bicyclic) bond motifs is 2. The molecular formula is C27H33BrN2. The fourth-order valence-corrected chi connectivity index (χ4v) is 6.04. The lowest BCUT2D eigenvalue weighted by Crippen LogP contribution is -2.34. The quantitative estimate of drug-likeness (QED) is 0.415. The number of nitrogens with zero attached hydrogens (tertiary/aromatic N) is 2. The van der Waals surface area contributed by atoms with E-state index in [1.54, 1.807) is 0 Å². The maximum atomic E-state index is 5.54. The van der Waals surface area contributed by atoms with E-state index in [1.807, 2.05) is 0 Å². The fourth-order valence-electron chi connectivity index (χ4n) is 5.78. The molecule has 1 unspecified atom stereocenters. The third kappa shape index (κ3) is 4.03. The van der Waals surface area contributed by atoms with E-state index in [2.05, 4.69) is 75.4 Å². The molecule has 30 heavy (non-hydrogen) atoms. The third-order valence-electron chi connectivity index (χ3n) is 7.33. The second kappa shape index (κ2) is 8.96. The van der Waals surface area contributed by atoms with Gasteiger partial charge in [0.15, 0.2) is 0 Å². The Balaban J connectivity index is 1.48. The van der Waals surface area contributed by atoms with Crippen LogP contribution >= 0.6 is 15.9 Å². The first-order valence-corrected chi connectivity index (χ1v) is 12.8. The fraction of sp³-hybridized carbons (Fsp3) is 0.519. The predicted octanol–water partition coefficient (Wildman–Crippen LogP) is 7.68. The van der Waals surface area contributed by atoms with Gasteiger partial charge in [-0.2, -0.15) is 0 Å². The Kier molecular flexibility index (Phi) is 6.11. The summed E-state index contributed by atoms with van der Waals surface area (Å²) in [6, 6.07) is 20.9. The van der Waals surface area contributed by atoms with E-state index in [4.69, 9.17) is 4.99 Å². The SMILES string of the molecule is Brc1ccc(C2=NC3(CCCCCCCCCCC3)N3[C@H]2[C@@H]3c2ccccc2)cc1. The van der Waals surface area contributed by atoms with Gasteiger partial charge in [-0.1, -0.05) is 103 Å². The largest absolute Gasteiger partial charge is 0.265 e. The summed E-state index contributed by atoms with van der Waals surface area (Å²) in [6.07, 6.45) is 14.8. The summed E-state index contributed by atoms with van der Waals surface area (Å²) in [5.41, 5.74) is 4.09. The van der Waals surface area contributed by atoms with Crippen LogP contribution in [-0.4, -0.2) is 22.3 Å². The zero-order valence-corrected chi connectivity index (χ0v) is 19.5. The number of aliphatic imine (C=N–C) groups is 1. The van der Waals surface area contributed by atoms with Crippen molar-refractivity contribution < 1.29 is 0 Å². The highest BCUT2D eigenvalue weighted by molar-refractivity contribution is 9.10. The van der Waals surface area contributed by atoms with Crippen LogP contribution in [-0.2, 0) is 0 Å². The Labute approximate surface area is 189 Å². The monoisotopic (exact) mass is 464 g/mol. The molecule has 2 fully saturated rings. The van der Waals surface area contributed by atoms with Crippen molar-refractivity contribution >= 4 is 21.6 Å². The van der Waals surface area contributed by atoms with E-state index >= 15 is 0 Å². The van der Waals surface area contributed by atoms with E-state index in [-0.39, 0.29) is 5.66 Å². The summed E-state index contributed by atoms with van der Waals surface area (Å²) in [6.45, 7) is 0. The van der Waals surface area contributed by atoms with Gasteiger partial charge in [0, 0.05) is 4.47 Å². The number of halogens is 1. The van der Waals surface area contributed by atoms with Gasteiger partial charge < -0.3 is 0 Å². The normalized spacial score (nSPS) is 28.8. The lowest BCUT2D eigenvalue weighted by Gasteiger charge is -2.31. The first-order valence-electron chi connectivity index (χ1n) is 12.0. The van der Waals surface area contributed by atoms with E-state index in [0.717, 1.165) is 4.47 Å². The van der Waals surface area contributed by atoms with Crippen LogP contribution in [0.25, 0.3) is 0 Å². The summed E-state index contributed by atoms with van der Waals surface area (Å²) in [5.74, 6) is 0. The Morgan fingerprint density at radius 3 is 1.87 bits per heavy atom. The molecule has 1 saturated carbocycles. The van der Waals surface area contributed by atoms with Gasteiger partial charge in [-0.3, -0.25) is 9.89 Å². The van der Waals surface area contributed by atoms with E-state index < -0.39 is 0 Å². The van der Waals surface area contributed by atoms with Crippen LogP contribution in [0.5, 0.6) is 0 Å². The lowest BCUT2D eigenvalue weighted by molar-refractivity contribution is 0.182. The molecule has 2 aliphatic heterocycles. The average Bonchev–Trinajstić information content (AvgIpc) is 3.43. The Morgan fingerprint density at radius 1 is 0.700 bits per heavy atom. The van der Waals surface area contributed by atoms with Crippen molar-refractivity contribution in [1.82, 2.24) is 4.90 Å². The summed E-state index contributed by atoms with van der Waals surface area (Å²) >= 11 is 3.60. The Morgan fingerprint density at radius 2 is 1.27 bits per heavy atom. The molecule has 0 bridgehead atoms. The molecule has 2 aromatic rings. The van der Waals surface area contributed by atoms with Crippen molar-refractivity contribution in [3.8, 4) is 0 Å². The number of hydrogen-bond donors (Lipinski definition) is 0. The predicted molar refractivity (Wildman–Crippen MR) is 129 cm³/mol. The first-order chi connectivity index (χ1) is 14.8. The smallest absolute Gasteiger partial charge is 0.114 e. The van der Waals surface area contributed by atoms with Gasteiger partial charge in [0.05, 0.1) is 17.8 Å². The van der Waals surface area contributed by atoms with E-state index in [1.165, 1.54) is 87.5 Å². The molecule has 3 aliphatic rings. The van der Waals surface area contributed by atoms with Gasteiger partial charge in [0.25, 0.3) is 0 Å². The van der Waals surface area contributed by atoms with E-state index in [0.29, 0.717) is 12.1 Å². The van der Waals surface area contributed by atoms with Gasteiger partial charge in [-0.25, -0.2) is 0 Å². The molecule has 2 aromatic carbocycles. The van der Waals surface area contributed by atoms with Crippen molar-refractivity contribution in [2.24, 2.45) is 4.99 Å². The second-order valence-electron chi connectivity index (χ2n) is 9.38. The third-order valence-corrected chi connectivity index (χ3v) is 7.86. The van der Waals surface area contributed by atoms with Gasteiger partial charge in [-0.05, 0) is 48.9 Å². The standard InChI is InChI=1S/C27H33BrN2/c28-23-17-15-21(16-18-23)24-26-25(22-13-9-8-10-14-22)30(26)27(29-24)19-11-6-4-2-1-3-5-7-12-20-27/h8-10,13-18,25-26H,1-7,11-12,19-20H2/t25-,26+,30?/m0/s1. The lowest BCUT2D eigenvalue weighted by atomic mass is 9.92. The van der Waals surface area contributed by atoms with Crippen molar-refractivity contribution in [1.29, 1.82) is 0 Å². The molecule has 1 aliphatic carbocycles. The highest BCUT2D eigenvalue weighted by atomic mass is 79.9. The van der Waals surface area contributed by atoms with E-state index in [9.17, 15) is 0 Å². The van der Waals surface area contributed by atoms with Crippen molar-refractivity contribution in [2.75, 3.05) is 0 Å². The summed E-state index contributed by atoms with van der Waals surface area (Å²) in [7, 11) is 0. The number of hydrogen-bond acceptors (Lipinski definition) is 2. The van der Waals surface area contributed by atoms with Crippen LogP contribution < -0.4 is 0 Å². The molecule has 2 nitrogen and oxygen atoms in total. The molecular weight excluding hydrogens is 432 g/mol. The highest BCUT2D eigenvalue weighted by Crippen LogP contribution is 2.58. The van der Waals surface area contributed by atoms with Gasteiger partial charge in [0.1, 0.15) is 5.66 Å². The Bertz CT molecular complexity index is 861. The highest BCUT2D eigenvalue weighted by Gasteiger charge is 2.64. The molecule has 0 aromatic heterocycles. The molecule has 0 radical (unpaired) electrons. The summed E-state index contributed by atoms with van der Waals surface area (Å²) < 4.78 is 1.14. The molecule has 0 amide bonds. The minimum absolute atomic E-state index is 0.00673. The molecule has 1 spiro atoms. The van der Waals surface area contributed by atoms with Crippen LogP contribution in [0.3, 0.4) is 0 Å². The minimum Gasteiger partial charge on any atom is -0.265 e. The minimum atomic E-state index is 0.00673. The molecule has 3 atom stereocenters. The summed E-state index contributed by atoms with van der Waals surface area (Å²) in [4.78, 5) is 8.31. The van der Waals surface area contributed by atoms with Gasteiger partial charge in [-0.15, -0.1) is 0 Å². The van der Waals surface area contributed by atoms with Crippen LogP contribution in [0.15, 0.2) is 64.1 Å². The molecule has 2 heterocycles. The molecule has 5 rings (SSSR count). The van der Waals surface area contributed by atoms with Crippen molar-refractivity contribution in [3.05, 3.63) is 70.2 Å². The van der Waals surface area contributed by atoms with Crippen LogP contribution in [0.4, 0.5) is 0 Å². The van der Waals surface area contributed by atoms with Crippen molar-refractivity contribution in [2.45, 2.75) is 88.4 Å². The molecule has 0 N–H and O–H groups in total.